The number of anilines is 1. The van der Waals surface area contributed by atoms with Crippen LogP contribution in [0.5, 0.6) is 5.75 Å². The van der Waals surface area contributed by atoms with Gasteiger partial charge in [0.2, 0.25) is 0 Å². The summed E-state index contributed by atoms with van der Waals surface area (Å²) in [6.45, 7) is 7.71. The lowest BCUT2D eigenvalue weighted by molar-refractivity contribution is -0.141. The minimum atomic E-state index is -1.07. The topological polar surface area (TPSA) is 87.7 Å². The van der Waals surface area contributed by atoms with Crippen molar-refractivity contribution in [3.05, 3.63) is 24.3 Å². The molecule has 0 spiro atoms. The number of amides is 2. The van der Waals surface area contributed by atoms with Gasteiger partial charge in [0.25, 0.3) is 0 Å². The molecule has 0 aliphatic rings. The van der Waals surface area contributed by atoms with E-state index in [0.717, 1.165) is 0 Å². The molecule has 1 aromatic rings. The smallest absolute Gasteiger partial charge is 0.326 e. The van der Waals surface area contributed by atoms with Gasteiger partial charge in [0.05, 0.1) is 6.61 Å². The molecule has 0 aromatic heterocycles. The first-order valence-corrected chi connectivity index (χ1v) is 6.77. The van der Waals surface area contributed by atoms with Crippen molar-refractivity contribution in [2.45, 2.75) is 33.7 Å². The maximum atomic E-state index is 11.9. The van der Waals surface area contributed by atoms with Gasteiger partial charge in [0.15, 0.2) is 0 Å². The lowest BCUT2D eigenvalue weighted by Gasteiger charge is -2.27. The summed E-state index contributed by atoms with van der Waals surface area (Å²) in [5, 5.41) is 14.2. The number of nitrogens with one attached hydrogen (secondary N) is 2. The third-order valence-electron chi connectivity index (χ3n) is 2.81. The number of hydrogen-bond donors (Lipinski definition) is 3. The van der Waals surface area contributed by atoms with Crippen LogP contribution in [0, 0.1) is 5.41 Å². The number of carbonyl (C=O) groups is 2. The number of carboxylic acids is 1. The van der Waals surface area contributed by atoms with Crippen LogP contribution >= 0.6 is 0 Å². The molecule has 1 rings (SSSR count). The van der Waals surface area contributed by atoms with Crippen LogP contribution in [0.25, 0.3) is 0 Å². The standard InChI is InChI=1S/C15H22N2O4/c1-5-21-11-8-6-10(7-9-11)16-14(20)17-12(13(18)19)15(2,3)4/h6-9,12H,5H2,1-4H3,(H,18,19)(H2,16,17,20)/t12-/m1/s1. The Balaban J connectivity index is 2.66. The Morgan fingerprint density at radius 1 is 1.24 bits per heavy atom. The molecule has 21 heavy (non-hydrogen) atoms. The van der Waals surface area contributed by atoms with Gasteiger partial charge in [-0.25, -0.2) is 9.59 Å². The van der Waals surface area contributed by atoms with Crippen LogP contribution < -0.4 is 15.4 Å². The maximum absolute atomic E-state index is 11.9. The van der Waals surface area contributed by atoms with Crippen molar-refractivity contribution >= 4 is 17.7 Å². The predicted molar refractivity (Wildman–Crippen MR) is 80.6 cm³/mol. The highest BCUT2D eigenvalue weighted by molar-refractivity contribution is 5.92. The van der Waals surface area contributed by atoms with E-state index in [-0.39, 0.29) is 0 Å². The van der Waals surface area contributed by atoms with Gasteiger partial charge in [0.1, 0.15) is 11.8 Å². The lowest BCUT2D eigenvalue weighted by atomic mass is 9.87. The zero-order chi connectivity index (χ0) is 16.0. The Labute approximate surface area is 124 Å². The van der Waals surface area contributed by atoms with E-state index < -0.39 is 23.5 Å². The number of carboxylic acid groups (broad SMARTS) is 1. The summed E-state index contributed by atoms with van der Waals surface area (Å²) >= 11 is 0. The van der Waals surface area contributed by atoms with Crippen LogP contribution in [0.1, 0.15) is 27.7 Å². The van der Waals surface area contributed by atoms with Crippen molar-refractivity contribution in [3.8, 4) is 5.75 Å². The fourth-order valence-electron chi connectivity index (χ4n) is 1.75. The second kappa shape index (κ2) is 6.97. The van der Waals surface area contributed by atoms with Crippen LogP contribution in [0.4, 0.5) is 10.5 Å². The molecule has 0 unspecified atom stereocenters. The number of aliphatic carboxylic acids is 1. The van der Waals surface area contributed by atoms with Gasteiger partial charge in [-0.1, -0.05) is 20.8 Å². The summed E-state index contributed by atoms with van der Waals surface area (Å²) in [6, 6.07) is 5.32. The highest BCUT2D eigenvalue weighted by Crippen LogP contribution is 2.20. The fraction of sp³-hybridized carbons (Fsp3) is 0.467. The van der Waals surface area contributed by atoms with Crippen molar-refractivity contribution < 1.29 is 19.4 Å². The second-order valence-corrected chi connectivity index (χ2v) is 5.69. The van der Waals surface area contributed by atoms with Crippen LogP contribution in [0.15, 0.2) is 24.3 Å². The van der Waals surface area contributed by atoms with E-state index in [1.165, 1.54) is 0 Å². The first-order valence-electron chi connectivity index (χ1n) is 6.77. The van der Waals surface area contributed by atoms with Gasteiger partial charge >= 0.3 is 12.0 Å². The van der Waals surface area contributed by atoms with Crippen LogP contribution in [0.3, 0.4) is 0 Å². The average molecular weight is 294 g/mol. The van der Waals surface area contributed by atoms with Gasteiger partial charge in [-0.15, -0.1) is 0 Å². The normalized spacial score (nSPS) is 12.4. The molecule has 0 aliphatic heterocycles. The molecule has 0 saturated carbocycles. The molecule has 0 saturated heterocycles. The summed E-state index contributed by atoms with van der Waals surface area (Å²) in [6.07, 6.45) is 0. The zero-order valence-electron chi connectivity index (χ0n) is 12.8. The summed E-state index contributed by atoms with van der Waals surface area (Å²) in [4.78, 5) is 23.1. The second-order valence-electron chi connectivity index (χ2n) is 5.69. The van der Waals surface area contributed by atoms with Crippen LogP contribution in [0.2, 0.25) is 0 Å². The van der Waals surface area contributed by atoms with Gasteiger partial charge in [0, 0.05) is 5.69 Å². The van der Waals surface area contributed by atoms with E-state index >= 15 is 0 Å². The maximum Gasteiger partial charge on any atom is 0.326 e. The molecule has 0 fully saturated rings. The predicted octanol–water partition coefficient (Wildman–Crippen LogP) is 2.71. The Hall–Kier alpha value is -2.24. The summed E-state index contributed by atoms with van der Waals surface area (Å²) in [5.41, 5.74) is -0.0175. The molecule has 0 radical (unpaired) electrons. The first kappa shape index (κ1) is 16.8. The van der Waals surface area contributed by atoms with Gasteiger partial charge in [-0.05, 0) is 36.6 Å². The molecule has 1 aromatic carbocycles. The summed E-state index contributed by atoms with van der Waals surface area (Å²) in [5.74, 6) is -0.356. The monoisotopic (exact) mass is 294 g/mol. The summed E-state index contributed by atoms with van der Waals surface area (Å²) in [7, 11) is 0. The molecule has 6 heteroatoms. The van der Waals surface area contributed by atoms with Crippen molar-refractivity contribution in [1.82, 2.24) is 5.32 Å². The molecule has 2 amide bonds. The highest BCUT2D eigenvalue weighted by atomic mass is 16.5. The molecule has 6 nitrogen and oxygen atoms in total. The Bertz CT molecular complexity index is 491. The minimum absolute atomic E-state index is 0.554. The molecule has 0 aliphatic carbocycles. The Morgan fingerprint density at radius 3 is 2.24 bits per heavy atom. The zero-order valence-corrected chi connectivity index (χ0v) is 12.8. The molecule has 1 atom stereocenters. The third-order valence-corrected chi connectivity index (χ3v) is 2.81. The van der Waals surface area contributed by atoms with Crippen LogP contribution in [-0.2, 0) is 4.79 Å². The first-order chi connectivity index (χ1) is 9.74. The number of hydrogen-bond acceptors (Lipinski definition) is 3. The molecule has 0 heterocycles. The quantitative estimate of drug-likeness (QED) is 0.779. The van der Waals surface area contributed by atoms with Gasteiger partial charge in [-0.2, -0.15) is 0 Å². The highest BCUT2D eigenvalue weighted by Gasteiger charge is 2.32. The number of urea groups is 1. The average Bonchev–Trinajstić information content (AvgIpc) is 2.37. The fourth-order valence-corrected chi connectivity index (χ4v) is 1.75. The van der Waals surface area contributed by atoms with Crippen molar-refractivity contribution in [2.24, 2.45) is 5.41 Å². The number of carbonyl (C=O) groups excluding carboxylic acids is 1. The van der Waals surface area contributed by atoms with E-state index in [2.05, 4.69) is 10.6 Å². The number of benzene rings is 1. The van der Waals surface area contributed by atoms with Gasteiger partial charge in [-0.3, -0.25) is 0 Å². The molecular formula is C15H22N2O4. The van der Waals surface area contributed by atoms with Crippen LogP contribution in [-0.4, -0.2) is 29.8 Å². The largest absolute Gasteiger partial charge is 0.494 e. The van der Waals surface area contributed by atoms with Crippen molar-refractivity contribution in [3.63, 3.8) is 0 Å². The van der Waals surface area contributed by atoms with E-state index in [4.69, 9.17) is 9.84 Å². The van der Waals surface area contributed by atoms with Crippen molar-refractivity contribution in [1.29, 1.82) is 0 Å². The SMILES string of the molecule is CCOc1ccc(NC(=O)N[C@H](C(=O)O)C(C)(C)C)cc1. The number of rotatable bonds is 5. The van der Waals surface area contributed by atoms with E-state index in [1.807, 2.05) is 6.92 Å². The lowest BCUT2D eigenvalue weighted by Crippen LogP contribution is -2.50. The Kier molecular flexibility index (Phi) is 5.58. The molecule has 3 N–H and O–H groups in total. The van der Waals surface area contributed by atoms with E-state index in [0.29, 0.717) is 18.0 Å². The summed E-state index contributed by atoms with van der Waals surface area (Å²) < 4.78 is 5.30. The van der Waals surface area contributed by atoms with E-state index in [9.17, 15) is 9.59 Å². The Morgan fingerprint density at radius 2 is 1.81 bits per heavy atom. The molecule has 0 bridgehead atoms. The van der Waals surface area contributed by atoms with E-state index in [1.54, 1.807) is 45.0 Å². The number of ether oxygens (including phenoxy) is 1. The molecular weight excluding hydrogens is 272 g/mol. The third kappa shape index (κ3) is 5.33. The minimum Gasteiger partial charge on any atom is -0.494 e. The van der Waals surface area contributed by atoms with Crippen molar-refractivity contribution in [2.75, 3.05) is 11.9 Å². The molecule has 116 valence electrons. The van der Waals surface area contributed by atoms with Gasteiger partial charge < -0.3 is 20.5 Å².